The van der Waals surface area contributed by atoms with E-state index in [0.29, 0.717) is 29.7 Å². The first-order valence-electron chi connectivity index (χ1n) is 12.3. The van der Waals surface area contributed by atoms with E-state index in [-0.39, 0.29) is 24.0 Å². The van der Waals surface area contributed by atoms with Crippen LogP contribution >= 0.6 is 23.2 Å². The number of rotatable bonds is 7. The zero-order valence-corrected chi connectivity index (χ0v) is 21.2. The lowest BCUT2D eigenvalue weighted by Gasteiger charge is -2.54. The topological polar surface area (TPSA) is 36.0 Å². The minimum Gasteiger partial charge on any atom is -0.378 e. The molecule has 2 aromatic rings. The van der Waals surface area contributed by atoms with Crippen LogP contribution in [0, 0.1) is 5.92 Å². The Bertz CT molecular complexity index is 1000. The third-order valence-corrected chi connectivity index (χ3v) is 8.26. The number of hydrogen-bond acceptors (Lipinski definition) is 4. The molecule has 0 radical (unpaired) electrons. The summed E-state index contributed by atoms with van der Waals surface area (Å²) in [5.41, 5.74) is 2.20. The average Bonchev–Trinajstić information content (AvgIpc) is 3.66. The van der Waals surface area contributed by atoms with E-state index in [1.54, 1.807) is 6.07 Å². The first-order valence-corrected chi connectivity index (χ1v) is 13.0. The summed E-state index contributed by atoms with van der Waals surface area (Å²) in [7, 11) is 2.20. The Kier molecular flexibility index (Phi) is 7.47. The summed E-state index contributed by atoms with van der Waals surface area (Å²) in [5, 5.41) is 1.00. The molecule has 1 saturated carbocycles. The molecule has 3 atom stereocenters. The van der Waals surface area contributed by atoms with Crippen LogP contribution in [0.15, 0.2) is 48.5 Å². The molecule has 3 fully saturated rings. The molecule has 0 aromatic heterocycles. The SMILES string of the molecule is CN(CC1CC1)[C@H]1COC[C@@H]2[C@@H]1N(C(=O)Cc1ccc(Cl)c(Cl)c1)CCN2Cc1ccccc1. The van der Waals surface area contributed by atoms with E-state index >= 15 is 0 Å². The summed E-state index contributed by atoms with van der Waals surface area (Å²) in [6.07, 6.45) is 2.96. The van der Waals surface area contributed by atoms with Crippen molar-refractivity contribution in [2.75, 3.05) is 39.9 Å². The van der Waals surface area contributed by atoms with Gasteiger partial charge in [-0.15, -0.1) is 0 Å². The predicted molar refractivity (Wildman–Crippen MR) is 136 cm³/mol. The largest absolute Gasteiger partial charge is 0.378 e. The zero-order valence-electron chi connectivity index (χ0n) is 19.7. The van der Waals surface area contributed by atoms with Gasteiger partial charge in [0.15, 0.2) is 0 Å². The van der Waals surface area contributed by atoms with Crippen molar-refractivity contribution in [3.8, 4) is 0 Å². The summed E-state index contributed by atoms with van der Waals surface area (Å²) in [5.74, 6) is 0.939. The van der Waals surface area contributed by atoms with Crippen LogP contribution < -0.4 is 0 Å². The summed E-state index contributed by atoms with van der Waals surface area (Å²) in [6, 6.07) is 16.5. The van der Waals surface area contributed by atoms with Crippen molar-refractivity contribution < 1.29 is 9.53 Å². The molecule has 3 aliphatic rings. The quantitative estimate of drug-likeness (QED) is 0.564. The van der Waals surface area contributed by atoms with Crippen molar-refractivity contribution in [3.63, 3.8) is 0 Å². The average molecular weight is 502 g/mol. The predicted octanol–water partition coefficient (Wildman–Crippen LogP) is 4.36. The van der Waals surface area contributed by atoms with Gasteiger partial charge in [0.05, 0.1) is 47.8 Å². The number of amides is 1. The van der Waals surface area contributed by atoms with Crippen molar-refractivity contribution in [1.29, 1.82) is 0 Å². The molecule has 1 amide bonds. The van der Waals surface area contributed by atoms with Crippen molar-refractivity contribution in [3.05, 3.63) is 69.7 Å². The summed E-state index contributed by atoms with van der Waals surface area (Å²) in [6.45, 7) is 4.83. The number of ether oxygens (including phenoxy) is 1. The van der Waals surface area contributed by atoms with Crippen LogP contribution in [0.2, 0.25) is 10.0 Å². The number of fused-ring (bicyclic) bond motifs is 1. The number of carbonyl (C=O) groups is 1. The van der Waals surface area contributed by atoms with E-state index in [9.17, 15) is 4.79 Å². The van der Waals surface area contributed by atoms with Crippen molar-refractivity contribution in [2.24, 2.45) is 5.92 Å². The molecule has 0 unspecified atom stereocenters. The minimum absolute atomic E-state index is 0.102. The highest BCUT2D eigenvalue weighted by Crippen LogP contribution is 2.33. The van der Waals surface area contributed by atoms with Crippen LogP contribution in [0.3, 0.4) is 0 Å². The molecule has 34 heavy (non-hydrogen) atoms. The van der Waals surface area contributed by atoms with Gasteiger partial charge >= 0.3 is 0 Å². The highest BCUT2D eigenvalue weighted by Gasteiger charge is 2.47. The lowest BCUT2D eigenvalue weighted by molar-refractivity contribution is -0.153. The monoisotopic (exact) mass is 501 g/mol. The minimum atomic E-state index is 0.102. The fourth-order valence-corrected chi connectivity index (χ4v) is 5.83. The van der Waals surface area contributed by atoms with Gasteiger partial charge in [0.1, 0.15) is 0 Å². The molecule has 0 bridgehead atoms. The van der Waals surface area contributed by atoms with Gasteiger partial charge < -0.3 is 9.64 Å². The van der Waals surface area contributed by atoms with Crippen LogP contribution in [-0.4, -0.2) is 78.6 Å². The lowest BCUT2D eigenvalue weighted by Crippen LogP contribution is -2.71. The molecule has 5 nitrogen and oxygen atoms in total. The molecule has 0 spiro atoms. The maximum absolute atomic E-state index is 13.7. The first kappa shape index (κ1) is 24.1. The molecule has 2 saturated heterocycles. The van der Waals surface area contributed by atoms with Gasteiger partial charge in [0.2, 0.25) is 5.91 Å². The molecular formula is C27H33Cl2N3O2. The number of hydrogen-bond donors (Lipinski definition) is 0. The maximum Gasteiger partial charge on any atom is 0.227 e. The van der Waals surface area contributed by atoms with Crippen molar-refractivity contribution in [2.45, 2.75) is 43.9 Å². The van der Waals surface area contributed by atoms with Crippen molar-refractivity contribution in [1.82, 2.24) is 14.7 Å². The van der Waals surface area contributed by atoms with E-state index in [0.717, 1.165) is 37.7 Å². The number of piperazine rings is 1. The van der Waals surface area contributed by atoms with Gasteiger partial charge in [-0.25, -0.2) is 0 Å². The van der Waals surface area contributed by atoms with Crippen LogP contribution in [0.25, 0.3) is 0 Å². The van der Waals surface area contributed by atoms with Crippen LogP contribution in [0.4, 0.5) is 0 Å². The fourth-order valence-electron chi connectivity index (χ4n) is 5.51. The molecule has 7 heteroatoms. The summed E-state index contributed by atoms with van der Waals surface area (Å²) < 4.78 is 6.16. The lowest BCUT2D eigenvalue weighted by atomic mass is 9.90. The molecular weight excluding hydrogens is 469 g/mol. The van der Waals surface area contributed by atoms with E-state index in [1.165, 1.54) is 18.4 Å². The number of nitrogens with zero attached hydrogens (tertiary/aromatic N) is 3. The molecule has 0 N–H and O–H groups in total. The fraction of sp³-hybridized carbons (Fsp3) is 0.519. The van der Waals surface area contributed by atoms with E-state index in [1.807, 2.05) is 12.1 Å². The van der Waals surface area contributed by atoms with E-state index < -0.39 is 0 Å². The molecule has 2 aromatic carbocycles. The zero-order chi connectivity index (χ0) is 23.7. The van der Waals surface area contributed by atoms with Gasteiger partial charge in [0.25, 0.3) is 0 Å². The molecule has 2 aliphatic heterocycles. The van der Waals surface area contributed by atoms with Crippen molar-refractivity contribution >= 4 is 29.1 Å². The highest BCUT2D eigenvalue weighted by molar-refractivity contribution is 6.42. The summed E-state index contributed by atoms with van der Waals surface area (Å²) >= 11 is 12.3. The Morgan fingerprint density at radius 2 is 1.82 bits per heavy atom. The third kappa shape index (κ3) is 5.44. The Balaban J connectivity index is 1.38. The highest BCUT2D eigenvalue weighted by atomic mass is 35.5. The number of benzene rings is 2. The molecule has 182 valence electrons. The smallest absolute Gasteiger partial charge is 0.227 e. The van der Waals surface area contributed by atoms with Gasteiger partial charge in [0, 0.05) is 26.2 Å². The Hall–Kier alpha value is -1.63. The van der Waals surface area contributed by atoms with Crippen LogP contribution in [0.5, 0.6) is 0 Å². The Morgan fingerprint density at radius 3 is 2.56 bits per heavy atom. The van der Waals surface area contributed by atoms with Crippen LogP contribution in [-0.2, 0) is 22.5 Å². The number of halogens is 2. The maximum atomic E-state index is 13.7. The van der Waals surface area contributed by atoms with E-state index in [2.05, 4.69) is 52.1 Å². The number of carbonyl (C=O) groups excluding carboxylic acids is 1. The van der Waals surface area contributed by atoms with Gasteiger partial charge in [-0.2, -0.15) is 0 Å². The Labute approximate surface area is 212 Å². The van der Waals surface area contributed by atoms with Crippen LogP contribution in [0.1, 0.15) is 24.0 Å². The second-order valence-corrected chi connectivity index (χ2v) is 10.8. The molecule has 2 heterocycles. The Morgan fingerprint density at radius 1 is 1.03 bits per heavy atom. The standard InChI is InChI=1S/C27H33Cl2N3O2/c1-30(15-20-7-8-20)24-17-34-18-25-27(24)32(12-11-31(25)16-19-5-3-2-4-6-19)26(33)14-21-9-10-22(28)23(29)13-21/h2-6,9-10,13,20,24-25,27H,7-8,11-12,14-18H2,1H3/t24-,25+,27+/m0/s1. The summed E-state index contributed by atoms with van der Waals surface area (Å²) in [4.78, 5) is 20.7. The van der Waals surface area contributed by atoms with Gasteiger partial charge in [-0.3, -0.25) is 14.6 Å². The molecule has 5 rings (SSSR count). The second kappa shape index (κ2) is 10.5. The van der Waals surface area contributed by atoms with Gasteiger partial charge in [-0.1, -0.05) is 59.6 Å². The first-order chi connectivity index (χ1) is 16.5. The second-order valence-electron chi connectivity index (χ2n) is 10.0. The third-order valence-electron chi connectivity index (χ3n) is 7.52. The number of likely N-dealkylation sites (N-methyl/N-ethyl adjacent to an activating group) is 1. The molecule has 1 aliphatic carbocycles. The van der Waals surface area contributed by atoms with E-state index in [4.69, 9.17) is 27.9 Å². The van der Waals surface area contributed by atoms with Gasteiger partial charge in [-0.05, 0) is 49.1 Å². The normalized spacial score (nSPS) is 25.4.